The van der Waals surface area contributed by atoms with Crippen LogP contribution in [0.15, 0.2) is 29.3 Å². The van der Waals surface area contributed by atoms with Gasteiger partial charge in [0.25, 0.3) is 5.91 Å². The van der Waals surface area contributed by atoms with E-state index in [1.807, 2.05) is 17.0 Å². The summed E-state index contributed by atoms with van der Waals surface area (Å²) in [4.78, 5) is 19.7. The van der Waals surface area contributed by atoms with Crippen LogP contribution in [0.4, 0.5) is 11.4 Å². The van der Waals surface area contributed by atoms with Gasteiger partial charge in [0.05, 0.1) is 11.4 Å². The first-order chi connectivity index (χ1) is 8.31. The Morgan fingerprint density at radius 3 is 2.82 bits per heavy atom. The lowest BCUT2D eigenvalue weighted by atomic mass is 10.2. The van der Waals surface area contributed by atoms with E-state index < -0.39 is 0 Å². The number of rotatable bonds is 3. The summed E-state index contributed by atoms with van der Waals surface area (Å²) in [5.41, 5.74) is 2.28. The van der Waals surface area contributed by atoms with Crippen molar-refractivity contribution in [2.75, 3.05) is 22.9 Å². The fourth-order valence-electron chi connectivity index (χ4n) is 2.38. The predicted octanol–water partition coefficient (Wildman–Crippen LogP) is 2.01. The maximum absolute atomic E-state index is 11.4. The van der Waals surface area contributed by atoms with Gasteiger partial charge >= 0.3 is 0 Å². The summed E-state index contributed by atoms with van der Waals surface area (Å²) in [6.45, 7) is 3.48. The molecule has 1 aromatic carbocycles. The van der Waals surface area contributed by atoms with Gasteiger partial charge in [0.1, 0.15) is 6.54 Å². The molecule has 2 heterocycles. The minimum atomic E-state index is -0.0454. The smallest absolute Gasteiger partial charge is 0.268 e. The molecule has 0 N–H and O–H groups in total. The molecule has 0 atom stereocenters. The number of unbranched alkanes of at least 4 members (excludes halogenated alkanes) is 1. The first kappa shape index (κ1) is 10.3. The highest BCUT2D eigenvalue weighted by Crippen LogP contribution is 2.38. The number of carbonyl (C=O) groups excluding carboxylic acids is 1. The van der Waals surface area contributed by atoms with Crippen LogP contribution < -0.4 is 9.80 Å². The highest BCUT2D eigenvalue weighted by atomic mass is 16.2. The molecule has 0 saturated carbocycles. The molecule has 0 unspecified atom stereocenters. The fourth-order valence-corrected chi connectivity index (χ4v) is 2.38. The molecule has 1 amide bonds. The van der Waals surface area contributed by atoms with Gasteiger partial charge in [0.2, 0.25) is 5.96 Å². The molecule has 2 aliphatic rings. The first-order valence-electron chi connectivity index (χ1n) is 6.07. The van der Waals surface area contributed by atoms with E-state index in [1.54, 1.807) is 0 Å². The molecule has 0 aliphatic carbocycles. The maximum Gasteiger partial charge on any atom is 0.268 e. The molecule has 17 heavy (non-hydrogen) atoms. The summed E-state index contributed by atoms with van der Waals surface area (Å²) >= 11 is 0. The second-order valence-electron chi connectivity index (χ2n) is 4.39. The van der Waals surface area contributed by atoms with E-state index in [2.05, 4.69) is 28.9 Å². The molecular weight excluding hydrogens is 214 g/mol. The van der Waals surface area contributed by atoms with Crippen LogP contribution in [0.3, 0.4) is 0 Å². The molecule has 0 bridgehead atoms. The average Bonchev–Trinajstić information content (AvgIpc) is 2.83. The summed E-state index contributed by atoms with van der Waals surface area (Å²) in [6.07, 6.45) is 2.25. The predicted molar refractivity (Wildman–Crippen MR) is 68.5 cm³/mol. The Morgan fingerprint density at radius 1 is 1.29 bits per heavy atom. The SMILES string of the molecule is CCCCN1C2=NC(=O)CN2c2ccccc21. The van der Waals surface area contributed by atoms with Gasteiger partial charge in [-0.1, -0.05) is 25.5 Å². The van der Waals surface area contributed by atoms with E-state index in [4.69, 9.17) is 0 Å². The van der Waals surface area contributed by atoms with Gasteiger partial charge in [0, 0.05) is 6.54 Å². The zero-order chi connectivity index (χ0) is 11.8. The third-order valence-corrected chi connectivity index (χ3v) is 3.20. The van der Waals surface area contributed by atoms with Gasteiger partial charge in [0.15, 0.2) is 0 Å². The monoisotopic (exact) mass is 229 g/mol. The number of guanidine groups is 1. The fraction of sp³-hybridized carbons (Fsp3) is 0.385. The molecule has 0 saturated heterocycles. The van der Waals surface area contributed by atoms with Gasteiger partial charge in [-0.25, -0.2) is 0 Å². The minimum Gasteiger partial charge on any atom is -0.310 e. The van der Waals surface area contributed by atoms with Crippen LogP contribution in [0.5, 0.6) is 0 Å². The van der Waals surface area contributed by atoms with Gasteiger partial charge in [-0.3, -0.25) is 4.79 Å². The number of aliphatic imine (C=N–C) groups is 1. The summed E-state index contributed by atoms with van der Waals surface area (Å²) in [7, 11) is 0. The second kappa shape index (κ2) is 3.87. The molecule has 4 nitrogen and oxygen atoms in total. The Morgan fingerprint density at radius 2 is 2.06 bits per heavy atom. The molecule has 88 valence electrons. The van der Waals surface area contributed by atoms with Gasteiger partial charge in [-0.05, 0) is 18.6 Å². The van der Waals surface area contributed by atoms with Crippen LogP contribution in [0, 0.1) is 0 Å². The number of nitrogens with zero attached hydrogens (tertiary/aromatic N) is 3. The Hall–Kier alpha value is -1.84. The summed E-state index contributed by atoms with van der Waals surface area (Å²) in [5.74, 6) is 0.764. The number of hydrogen-bond donors (Lipinski definition) is 0. The third-order valence-electron chi connectivity index (χ3n) is 3.20. The number of carbonyl (C=O) groups is 1. The van der Waals surface area contributed by atoms with E-state index in [1.165, 1.54) is 5.69 Å². The van der Waals surface area contributed by atoms with Crippen LogP contribution in [-0.2, 0) is 4.79 Å². The Kier molecular flexibility index (Phi) is 2.35. The van der Waals surface area contributed by atoms with Crippen molar-refractivity contribution in [3.63, 3.8) is 0 Å². The normalized spacial score (nSPS) is 17.2. The molecule has 1 aromatic rings. The largest absolute Gasteiger partial charge is 0.310 e. The maximum atomic E-state index is 11.4. The van der Waals surface area contributed by atoms with Crippen molar-refractivity contribution in [3.8, 4) is 0 Å². The van der Waals surface area contributed by atoms with Crippen LogP contribution in [-0.4, -0.2) is 25.0 Å². The van der Waals surface area contributed by atoms with Crippen LogP contribution in [0.2, 0.25) is 0 Å². The summed E-state index contributed by atoms with van der Waals surface area (Å²) in [5, 5.41) is 0. The molecule has 0 fully saturated rings. The van der Waals surface area contributed by atoms with Crippen molar-refractivity contribution >= 4 is 23.2 Å². The molecule has 0 spiro atoms. The van der Waals surface area contributed by atoms with Crippen molar-refractivity contribution < 1.29 is 4.79 Å². The number of benzene rings is 1. The number of anilines is 2. The van der Waals surface area contributed by atoms with E-state index in [0.717, 1.165) is 31.0 Å². The topological polar surface area (TPSA) is 35.9 Å². The highest BCUT2D eigenvalue weighted by Gasteiger charge is 2.37. The summed E-state index contributed by atoms with van der Waals surface area (Å²) < 4.78 is 0. The zero-order valence-corrected chi connectivity index (χ0v) is 9.89. The summed E-state index contributed by atoms with van der Waals surface area (Å²) in [6, 6.07) is 8.18. The molecule has 4 heteroatoms. The van der Waals surface area contributed by atoms with Crippen LogP contribution >= 0.6 is 0 Å². The van der Waals surface area contributed by atoms with Crippen molar-refractivity contribution in [3.05, 3.63) is 24.3 Å². The van der Waals surface area contributed by atoms with Crippen LogP contribution in [0.25, 0.3) is 0 Å². The van der Waals surface area contributed by atoms with E-state index in [0.29, 0.717) is 6.54 Å². The Balaban J connectivity index is 2.01. The second-order valence-corrected chi connectivity index (χ2v) is 4.39. The van der Waals surface area contributed by atoms with E-state index in [-0.39, 0.29) is 5.91 Å². The number of hydrogen-bond acceptors (Lipinski definition) is 3. The van der Waals surface area contributed by atoms with Crippen molar-refractivity contribution in [1.29, 1.82) is 0 Å². The quantitative estimate of drug-likeness (QED) is 0.795. The minimum absolute atomic E-state index is 0.0454. The standard InChI is InChI=1S/C13H15N3O/c1-2-3-8-15-10-6-4-5-7-11(10)16-9-12(17)14-13(15)16/h4-7H,2-3,8-9H2,1H3. The highest BCUT2D eigenvalue weighted by molar-refractivity contribution is 6.24. The lowest BCUT2D eigenvalue weighted by molar-refractivity contribution is -0.115. The Labute approximate surface area is 101 Å². The molecule has 2 aliphatic heterocycles. The zero-order valence-electron chi connectivity index (χ0n) is 9.89. The lowest BCUT2D eigenvalue weighted by Gasteiger charge is -2.18. The van der Waals surface area contributed by atoms with Gasteiger partial charge in [-0.2, -0.15) is 4.99 Å². The number of fused-ring (bicyclic) bond motifs is 3. The van der Waals surface area contributed by atoms with Crippen molar-refractivity contribution in [2.45, 2.75) is 19.8 Å². The number of para-hydroxylation sites is 2. The molecule has 0 aromatic heterocycles. The van der Waals surface area contributed by atoms with E-state index >= 15 is 0 Å². The average molecular weight is 229 g/mol. The van der Waals surface area contributed by atoms with Crippen molar-refractivity contribution in [2.24, 2.45) is 4.99 Å². The van der Waals surface area contributed by atoms with E-state index in [9.17, 15) is 4.79 Å². The Bertz CT molecular complexity index is 495. The molecule has 0 radical (unpaired) electrons. The molecule has 3 rings (SSSR count). The molecular formula is C13H15N3O. The van der Waals surface area contributed by atoms with Gasteiger partial charge < -0.3 is 9.80 Å². The lowest BCUT2D eigenvalue weighted by Crippen LogP contribution is -2.36. The van der Waals surface area contributed by atoms with Gasteiger partial charge in [-0.15, -0.1) is 0 Å². The number of amides is 1. The van der Waals surface area contributed by atoms with Crippen LogP contribution in [0.1, 0.15) is 19.8 Å². The first-order valence-corrected chi connectivity index (χ1v) is 6.07. The third kappa shape index (κ3) is 1.52. The van der Waals surface area contributed by atoms with Crippen molar-refractivity contribution in [1.82, 2.24) is 0 Å².